The fourth-order valence-corrected chi connectivity index (χ4v) is 5.48. The van der Waals surface area contributed by atoms with Gasteiger partial charge in [-0.3, -0.25) is 77.2 Å². The van der Waals surface area contributed by atoms with Crippen LogP contribution in [0.25, 0.3) is 0 Å². The molecular weight excluding hydrogens is 614 g/mol. The maximum atomic E-state index is 13.3. The molecule has 4 unspecified atom stereocenters. The second-order valence-electron chi connectivity index (χ2n) is 11.0. The lowest BCUT2D eigenvalue weighted by Gasteiger charge is -2.28. The van der Waals surface area contributed by atoms with E-state index in [2.05, 4.69) is 5.32 Å². The Balaban J connectivity index is 0.000000260. The minimum atomic E-state index is -1.55. The van der Waals surface area contributed by atoms with Gasteiger partial charge in [0.2, 0.25) is 29.5 Å². The Bertz CT molecular complexity index is 1460. The summed E-state index contributed by atoms with van der Waals surface area (Å²) in [5.74, 6) is -6.82. The number of urea groups is 1. The third kappa shape index (κ3) is 5.77. The maximum Gasteiger partial charge on any atom is 0.328 e. The summed E-state index contributed by atoms with van der Waals surface area (Å²) in [6.45, 7) is 0.235. The SMILES string of the molecule is CN1C(=O)C=CC1=O.CN1C(=O)CC(C2C(=O)N(C3CC(=O)N(C)C3=O)C(=O)N2C2CC(=O)N(C)C2=O)C1=O.O=C1CNC(=O)C1. The predicted octanol–water partition coefficient (Wildman–Crippen LogP) is -4.24. The van der Waals surface area contributed by atoms with Crippen LogP contribution in [-0.2, 0) is 52.7 Å². The van der Waals surface area contributed by atoms with Crippen LogP contribution in [0.5, 0.6) is 0 Å². The fourth-order valence-electron chi connectivity index (χ4n) is 5.48. The molecule has 5 fully saturated rings. The van der Waals surface area contributed by atoms with E-state index < -0.39 is 84.3 Å². The minimum absolute atomic E-state index is 0.00926. The second-order valence-corrected chi connectivity index (χ2v) is 11.0. The standard InChI is InChI=1S/C18H19N5O8.C5H5NO2.C4H5NO2/c1-19-10(24)4-7(14(19)27)13-17(30)23(9-6-12(26)21(3)16(9)29)18(31)22(13)8-5-11(25)20(2)15(8)28;1-6-4(7)2-3-5(6)8;6-3-1-4(7)5-2-3/h7-9,13H,4-6H2,1-3H3;2-3H,1H3;1-2H2,(H,5,7). The summed E-state index contributed by atoms with van der Waals surface area (Å²) in [5, 5.41) is 2.38. The van der Waals surface area contributed by atoms with E-state index in [0.717, 1.165) is 24.5 Å². The minimum Gasteiger partial charge on any atom is -0.349 e. The maximum absolute atomic E-state index is 13.3. The number of ketones is 1. The summed E-state index contributed by atoms with van der Waals surface area (Å²) >= 11 is 0. The van der Waals surface area contributed by atoms with E-state index in [1.807, 2.05) is 0 Å². The first-order valence-electron chi connectivity index (χ1n) is 13.8. The van der Waals surface area contributed by atoms with E-state index in [4.69, 9.17) is 0 Å². The van der Waals surface area contributed by atoms with Crippen molar-refractivity contribution in [3.63, 3.8) is 0 Å². The van der Waals surface area contributed by atoms with E-state index in [0.29, 0.717) is 4.90 Å². The molecule has 4 atom stereocenters. The van der Waals surface area contributed by atoms with E-state index in [9.17, 15) is 57.5 Å². The van der Waals surface area contributed by atoms with Crippen LogP contribution in [0.2, 0.25) is 0 Å². The average molecular weight is 644 g/mol. The van der Waals surface area contributed by atoms with Gasteiger partial charge in [-0.2, -0.15) is 0 Å². The Labute approximate surface area is 260 Å². The van der Waals surface area contributed by atoms with Crippen molar-refractivity contribution in [3.8, 4) is 0 Å². The highest BCUT2D eigenvalue weighted by Gasteiger charge is 2.62. The summed E-state index contributed by atoms with van der Waals surface area (Å²) < 4.78 is 0. The summed E-state index contributed by atoms with van der Waals surface area (Å²) in [4.78, 5) is 146. The van der Waals surface area contributed by atoms with Crippen molar-refractivity contribution >= 4 is 70.9 Å². The molecule has 46 heavy (non-hydrogen) atoms. The van der Waals surface area contributed by atoms with E-state index in [1.165, 1.54) is 40.3 Å². The highest BCUT2D eigenvalue weighted by Crippen LogP contribution is 2.37. The van der Waals surface area contributed by atoms with Crippen LogP contribution in [0.1, 0.15) is 25.7 Å². The lowest BCUT2D eigenvalue weighted by molar-refractivity contribution is -0.143. The van der Waals surface area contributed by atoms with Gasteiger partial charge in [-0.25, -0.2) is 9.69 Å². The Hall–Kier alpha value is -5.62. The largest absolute Gasteiger partial charge is 0.349 e. The highest BCUT2D eigenvalue weighted by atomic mass is 16.2. The van der Waals surface area contributed by atoms with Crippen molar-refractivity contribution < 1.29 is 57.5 Å². The number of rotatable bonds is 3. The summed E-state index contributed by atoms with van der Waals surface area (Å²) in [7, 11) is 5.13. The molecule has 19 heteroatoms. The van der Waals surface area contributed by atoms with Crippen LogP contribution in [-0.4, -0.2) is 153 Å². The van der Waals surface area contributed by atoms with Gasteiger partial charge in [0.05, 0.1) is 31.7 Å². The van der Waals surface area contributed by atoms with Gasteiger partial charge in [-0.1, -0.05) is 0 Å². The number of likely N-dealkylation sites (tertiary alicyclic amines) is 3. The Morgan fingerprint density at radius 1 is 0.587 bits per heavy atom. The van der Waals surface area contributed by atoms with Crippen LogP contribution in [0.15, 0.2) is 12.2 Å². The summed E-state index contributed by atoms with van der Waals surface area (Å²) in [6, 6.07) is -5.37. The second kappa shape index (κ2) is 12.4. The first-order valence-corrected chi connectivity index (χ1v) is 13.8. The predicted molar refractivity (Wildman–Crippen MR) is 146 cm³/mol. The van der Waals surface area contributed by atoms with Gasteiger partial charge in [-0.05, 0) is 0 Å². The van der Waals surface area contributed by atoms with E-state index >= 15 is 0 Å². The monoisotopic (exact) mass is 643 g/mol. The van der Waals surface area contributed by atoms with E-state index in [-0.39, 0.29) is 42.9 Å². The number of carbonyl (C=O) groups excluding carboxylic acids is 12. The Morgan fingerprint density at radius 3 is 1.39 bits per heavy atom. The van der Waals surface area contributed by atoms with Crippen molar-refractivity contribution in [2.75, 3.05) is 34.7 Å². The normalized spacial score (nSPS) is 27.9. The van der Waals surface area contributed by atoms with Gasteiger partial charge in [0, 0.05) is 46.8 Å². The van der Waals surface area contributed by atoms with Gasteiger partial charge >= 0.3 is 6.03 Å². The van der Waals surface area contributed by atoms with Gasteiger partial charge in [0.15, 0.2) is 5.78 Å². The first-order chi connectivity index (χ1) is 21.5. The zero-order chi connectivity index (χ0) is 34.4. The molecule has 0 aromatic carbocycles. The quantitative estimate of drug-likeness (QED) is 0.175. The first kappa shape index (κ1) is 33.3. The molecule has 0 aromatic heterocycles. The smallest absolute Gasteiger partial charge is 0.328 e. The summed E-state index contributed by atoms with van der Waals surface area (Å²) in [5.41, 5.74) is 0. The van der Waals surface area contributed by atoms with Crippen LogP contribution in [0.3, 0.4) is 0 Å². The molecular formula is C27H29N7O12. The molecule has 0 spiro atoms. The number of imide groups is 5. The topological polar surface area (TPSA) is 236 Å². The molecule has 0 aromatic rings. The number of hydrogen-bond donors (Lipinski definition) is 1. The van der Waals surface area contributed by atoms with Crippen molar-refractivity contribution in [1.29, 1.82) is 0 Å². The molecule has 244 valence electrons. The van der Waals surface area contributed by atoms with Crippen molar-refractivity contribution in [2.45, 2.75) is 43.8 Å². The van der Waals surface area contributed by atoms with Crippen LogP contribution in [0, 0.1) is 5.92 Å². The average Bonchev–Trinajstić information content (AvgIpc) is 3.79. The molecule has 6 aliphatic rings. The van der Waals surface area contributed by atoms with Gasteiger partial charge < -0.3 is 5.32 Å². The Kier molecular flexibility index (Phi) is 8.97. The van der Waals surface area contributed by atoms with Crippen LogP contribution in [0.4, 0.5) is 4.79 Å². The molecule has 12 amide bonds. The highest BCUT2D eigenvalue weighted by molar-refractivity contribution is 6.17. The summed E-state index contributed by atoms with van der Waals surface area (Å²) in [6.07, 6.45) is 1.39. The molecule has 19 nitrogen and oxygen atoms in total. The number of hydrogen-bond acceptors (Lipinski definition) is 12. The van der Waals surface area contributed by atoms with Gasteiger partial charge in [-0.15, -0.1) is 0 Å². The van der Waals surface area contributed by atoms with Gasteiger partial charge in [0.25, 0.3) is 29.5 Å². The number of Topliss-reactive ketones (excluding diaryl/α,β-unsaturated/α-hetero) is 1. The number of nitrogens with zero attached hydrogens (tertiary/aromatic N) is 6. The Morgan fingerprint density at radius 2 is 1.07 bits per heavy atom. The number of carbonyl (C=O) groups is 12. The fraction of sp³-hybridized carbons (Fsp3) is 0.481. The van der Waals surface area contributed by atoms with E-state index in [1.54, 1.807) is 0 Å². The molecule has 6 rings (SSSR count). The number of likely N-dealkylation sites (N-methyl/N-ethyl adjacent to an activating group) is 3. The zero-order valence-electron chi connectivity index (χ0n) is 25.1. The van der Waals surface area contributed by atoms with Crippen molar-refractivity contribution in [3.05, 3.63) is 12.2 Å². The molecule has 0 bridgehead atoms. The molecule has 0 aliphatic carbocycles. The van der Waals surface area contributed by atoms with Crippen molar-refractivity contribution in [1.82, 2.24) is 34.7 Å². The lowest BCUT2D eigenvalue weighted by Crippen LogP contribution is -2.51. The van der Waals surface area contributed by atoms with Gasteiger partial charge in [0.1, 0.15) is 18.1 Å². The molecule has 5 saturated heterocycles. The molecule has 0 saturated carbocycles. The van der Waals surface area contributed by atoms with Crippen molar-refractivity contribution in [2.24, 2.45) is 5.92 Å². The molecule has 6 heterocycles. The number of amides is 12. The molecule has 0 radical (unpaired) electrons. The zero-order valence-corrected chi connectivity index (χ0v) is 25.1. The molecule has 6 aliphatic heterocycles. The molecule has 1 N–H and O–H groups in total. The van der Waals surface area contributed by atoms with Crippen LogP contribution >= 0.6 is 0 Å². The lowest BCUT2D eigenvalue weighted by atomic mass is 9.95. The third-order valence-electron chi connectivity index (χ3n) is 8.25. The number of nitrogens with one attached hydrogen (secondary N) is 1. The third-order valence-corrected chi connectivity index (χ3v) is 8.25. The van der Waals surface area contributed by atoms with Crippen LogP contribution < -0.4 is 5.32 Å².